The number of hydrogen-bond donors (Lipinski definition) is 0. The van der Waals surface area contributed by atoms with Crippen molar-refractivity contribution >= 4 is 5.78 Å². The highest BCUT2D eigenvalue weighted by atomic mass is 16.1. The first kappa shape index (κ1) is 11.4. The van der Waals surface area contributed by atoms with Gasteiger partial charge in [0.05, 0.1) is 0 Å². The highest BCUT2D eigenvalue weighted by Crippen LogP contribution is 2.31. The molecule has 1 aliphatic carbocycles. The van der Waals surface area contributed by atoms with Crippen LogP contribution in [-0.4, -0.2) is 5.78 Å². The SMILES string of the molecule is CC(=O)c1ccc(C2CCCCCC2)cc1. The summed E-state index contributed by atoms with van der Waals surface area (Å²) in [5.74, 6) is 0.885. The fraction of sp³-hybridized carbons (Fsp3) is 0.533. The van der Waals surface area contributed by atoms with E-state index in [1.54, 1.807) is 6.92 Å². The van der Waals surface area contributed by atoms with Gasteiger partial charge in [0, 0.05) is 5.56 Å². The van der Waals surface area contributed by atoms with Crippen LogP contribution in [0.15, 0.2) is 24.3 Å². The number of hydrogen-bond acceptors (Lipinski definition) is 1. The maximum atomic E-state index is 11.2. The van der Waals surface area contributed by atoms with Gasteiger partial charge in [-0.2, -0.15) is 0 Å². The Hall–Kier alpha value is -1.11. The molecule has 0 saturated heterocycles. The van der Waals surface area contributed by atoms with Gasteiger partial charge in [-0.3, -0.25) is 4.79 Å². The molecule has 0 aromatic heterocycles. The minimum Gasteiger partial charge on any atom is -0.295 e. The lowest BCUT2D eigenvalue weighted by Gasteiger charge is -2.14. The lowest BCUT2D eigenvalue weighted by molar-refractivity contribution is 0.101. The zero-order chi connectivity index (χ0) is 11.4. The summed E-state index contributed by atoms with van der Waals surface area (Å²) in [6, 6.07) is 8.24. The van der Waals surface area contributed by atoms with E-state index >= 15 is 0 Å². The van der Waals surface area contributed by atoms with Gasteiger partial charge in [-0.25, -0.2) is 0 Å². The van der Waals surface area contributed by atoms with Crippen molar-refractivity contribution in [1.82, 2.24) is 0 Å². The van der Waals surface area contributed by atoms with E-state index in [-0.39, 0.29) is 5.78 Å². The summed E-state index contributed by atoms with van der Waals surface area (Å²) in [7, 11) is 0. The minimum absolute atomic E-state index is 0.160. The highest BCUT2D eigenvalue weighted by Gasteiger charge is 2.14. The molecule has 1 aromatic carbocycles. The topological polar surface area (TPSA) is 17.1 Å². The van der Waals surface area contributed by atoms with E-state index in [1.165, 1.54) is 44.1 Å². The Morgan fingerprint density at radius 2 is 1.56 bits per heavy atom. The van der Waals surface area contributed by atoms with E-state index in [0.29, 0.717) is 0 Å². The molecule has 1 saturated carbocycles. The van der Waals surface area contributed by atoms with Gasteiger partial charge in [0.1, 0.15) is 0 Å². The molecule has 86 valence electrons. The molecule has 0 spiro atoms. The van der Waals surface area contributed by atoms with Crippen LogP contribution in [0.1, 0.15) is 67.3 Å². The third-order valence-corrected chi connectivity index (χ3v) is 3.64. The number of benzene rings is 1. The maximum Gasteiger partial charge on any atom is 0.159 e. The van der Waals surface area contributed by atoms with Crippen molar-refractivity contribution in [3.63, 3.8) is 0 Å². The van der Waals surface area contributed by atoms with Crippen LogP contribution in [-0.2, 0) is 0 Å². The summed E-state index contributed by atoms with van der Waals surface area (Å²) in [6.07, 6.45) is 8.14. The van der Waals surface area contributed by atoms with Gasteiger partial charge in [-0.05, 0) is 31.2 Å². The number of Topliss-reactive ketones (excluding diaryl/α,β-unsaturated/α-hetero) is 1. The molecule has 0 amide bonds. The fourth-order valence-corrected chi connectivity index (χ4v) is 2.60. The van der Waals surface area contributed by atoms with E-state index in [4.69, 9.17) is 0 Å². The van der Waals surface area contributed by atoms with Crippen molar-refractivity contribution in [2.24, 2.45) is 0 Å². The zero-order valence-corrected chi connectivity index (χ0v) is 10.0. The summed E-state index contributed by atoms with van der Waals surface area (Å²) in [5.41, 5.74) is 2.25. The Morgan fingerprint density at radius 1 is 1.00 bits per heavy atom. The molecule has 0 radical (unpaired) electrons. The molecule has 0 unspecified atom stereocenters. The van der Waals surface area contributed by atoms with Gasteiger partial charge in [0.25, 0.3) is 0 Å². The third kappa shape index (κ3) is 2.72. The summed E-state index contributed by atoms with van der Waals surface area (Å²) in [4.78, 5) is 11.2. The van der Waals surface area contributed by atoms with Crippen molar-refractivity contribution in [1.29, 1.82) is 0 Å². The predicted molar refractivity (Wildman–Crippen MR) is 66.9 cm³/mol. The van der Waals surface area contributed by atoms with E-state index in [1.807, 2.05) is 12.1 Å². The van der Waals surface area contributed by atoms with Gasteiger partial charge >= 0.3 is 0 Å². The summed E-state index contributed by atoms with van der Waals surface area (Å²) >= 11 is 0. The van der Waals surface area contributed by atoms with Crippen LogP contribution in [0, 0.1) is 0 Å². The average Bonchev–Trinajstić information content (AvgIpc) is 2.57. The highest BCUT2D eigenvalue weighted by molar-refractivity contribution is 5.94. The molecule has 1 aliphatic rings. The Labute approximate surface area is 97.9 Å². The van der Waals surface area contributed by atoms with Crippen molar-refractivity contribution in [3.05, 3.63) is 35.4 Å². The lowest BCUT2D eigenvalue weighted by atomic mass is 9.91. The van der Waals surface area contributed by atoms with Crippen LogP contribution < -0.4 is 0 Å². The summed E-state index contributed by atoms with van der Waals surface area (Å²) in [6.45, 7) is 1.63. The second-order valence-corrected chi connectivity index (χ2v) is 4.87. The van der Waals surface area contributed by atoms with Crippen LogP contribution >= 0.6 is 0 Å². The molecular weight excluding hydrogens is 196 g/mol. The standard InChI is InChI=1S/C15H20O/c1-12(16)13-8-10-15(11-9-13)14-6-4-2-3-5-7-14/h8-11,14H,2-7H2,1H3. The molecular formula is C15H20O. The normalized spacial score (nSPS) is 18.1. The second-order valence-electron chi connectivity index (χ2n) is 4.87. The molecule has 0 bridgehead atoms. The van der Waals surface area contributed by atoms with Gasteiger partial charge < -0.3 is 0 Å². The maximum absolute atomic E-state index is 11.2. The van der Waals surface area contributed by atoms with Gasteiger partial charge in [-0.1, -0.05) is 49.9 Å². The predicted octanol–water partition coefficient (Wildman–Crippen LogP) is 4.33. The first-order chi connectivity index (χ1) is 7.77. The fourth-order valence-electron chi connectivity index (χ4n) is 2.60. The van der Waals surface area contributed by atoms with Crippen LogP contribution in [0.4, 0.5) is 0 Å². The number of rotatable bonds is 2. The monoisotopic (exact) mass is 216 g/mol. The zero-order valence-electron chi connectivity index (χ0n) is 10.0. The molecule has 1 fully saturated rings. The minimum atomic E-state index is 0.160. The van der Waals surface area contributed by atoms with E-state index < -0.39 is 0 Å². The lowest BCUT2D eigenvalue weighted by Crippen LogP contribution is -1.98. The average molecular weight is 216 g/mol. The Balaban J connectivity index is 2.10. The van der Waals surface area contributed by atoms with E-state index in [0.717, 1.165) is 11.5 Å². The molecule has 16 heavy (non-hydrogen) atoms. The van der Waals surface area contributed by atoms with Gasteiger partial charge in [0.15, 0.2) is 5.78 Å². The van der Waals surface area contributed by atoms with Crippen LogP contribution in [0.5, 0.6) is 0 Å². The Morgan fingerprint density at radius 3 is 2.06 bits per heavy atom. The Kier molecular flexibility index (Phi) is 3.76. The smallest absolute Gasteiger partial charge is 0.159 e. The molecule has 1 heteroatoms. The quantitative estimate of drug-likeness (QED) is 0.531. The van der Waals surface area contributed by atoms with Gasteiger partial charge in [-0.15, -0.1) is 0 Å². The van der Waals surface area contributed by atoms with Crippen LogP contribution in [0.25, 0.3) is 0 Å². The van der Waals surface area contributed by atoms with E-state index in [2.05, 4.69) is 12.1 Å². The van der Waals surface area contributed by atoms with Crippen LogP contribution in [0.3, 0.4) is 0 Å². The number of carbonyl (C=O) groups excluding carboxylic acids is 1. The van der Waals surface area contributed by atoms with Crippen molar-refractivity contribution in [3.8, 4) is 0 Å². The molecule has 0 heterocycles. The van der Waals surface area contributed by atoms with Crippen molar-refractivity contribution < 1.29 is 4.79 Å². The molecule has 1 aromatic rings. The first-order valence-electron chi connectivity index (χ1n) is 6.38. The van der Waals surface area contributed by atoms with Crippen molar-refractivity contribution in [2.45, 2.75) is 51.4 Å². The van der Waals surface area contributed by atoms with Gasteiger partial charge in [0.2, 0.25) is 0 Å². The molecule has 0 N–H and O–H groups in total. The molecule has 1 nitrogen and oxygen atoms in total. The van der Waals surface area contributed by atoms with E-state index in [9.17, 15) is 4.79 Å². The van der Waals surface area contributed by atoms with Crippen molar-refractivity contribution in [2.75, 3.05) is 0 Å². The summed E-state index contributed by atoms with van der Waals surface area (Å²) in [5, 5.41) is 0. The first-order valence-corrected chi connectivity index (χ1v) is 6.38. The largest absolute Gasteiger partial charge is 0.295 e. The second kappa shape index (κ2) is 5.29. The number of ketones is 1. The molecule has 0 atom stereocenters. The van der Waals surface area contributed by atoms with Crippen LogP contribution in [0.2, 0.25) is 0 Å². The Bertz CT molecular complexity index is 342. The molecule has 0 aliphatic heterocycles. The molecule has 2 rings (SSSR count). The third-order valence-electron chi connectivity index (χ3n) is 3.64. The number of carbonyl (C=O) groups is 1. The summed E-state index contributed by atoms with van der Waals surface area (Å²) < 4.78 is 0.